The Bertz CT molecular complexity index is 200. The Labute approximate surface area is 69.1 Å². The van der Waals surface area contributed by atoms with E-state index in [1.807, 2.05) is 10.8 Å². The molecule has 0 aliphatic carbocycles. The highest BCUT2D eigenvalue weighted by molar-refractivity contribution is 7.07. The number of aliphatic hydroxyl groups excluding tert-OH is 2. The zero-order valence-corrected chi connectivity index (χ0v) is 6.79. The van der Waals surface area contributed by atoms with Crippen LogP contribution in [0.25, 0.3) is 0 Å². The smallest absolute Gasteiger partial charge is 0.0971 e. The molecule has 0 amide bonds. The molecule has 0 fully saturated rings. The van der Waals surface area contributed by atoms with Crippen LogP contribution in [0.3, 0.4) is 0 Å². The molecule has 2 atom stereocenters. The highest BCUT2D eigenvalue weighted by atomic mass is 32.1. The van der Waals surface area contributed by atoms with Gasteiger partial charge >= 0.3 is 0 Å². The van der Waals surface area contributed by atoms with Crippen molar-refractivity contribution in [2.24, 2.45) is 5.73 Å². The van der Waals surface area contributed by atoms with E-state index < -0.39 is 12.1 Å². The van der Waals surface area contributed by atoms with Gasteiger partial charge in [0, 0.05) is 0 Å². The van der Waals surface area contributed by atoms with Gasteiger partial charge in [0.05, 0.1) is 18.8 Å². The van der Waals surface area contributed by atoms with E-state index in [9.17, 15) is 5.11 Å². The molecule has 3 nitrogen and oxygen atoms in total. The summed E-state index contributed by atoms with van der Waals surface area (Å²) in [5, 5.41) is 21.7. The monoisotopic (exact) mass is 173 g/mol. The lowest BCUT2D eigenvalue weighted by Gasteiger charge is -2.14. The zero-order valence-electron chi connectivity index (χ0n) is 5.97. The SMILES string of the molecule is NC(CO)C(O)c1ccsc1. The summed E-state index contributed by atoms with van der Waals surface area (Å²) in [6.45, 7) is -0.197. The molecular formula is C7H11NO2S. The fraction of sp³-hybridized carbons (Fsp3) is 0.429. The van der Waals surface area contributed by atoms with Crippen LogP contribution in [-0.4, -0.2) is 22.9 Å². The lowest BCUT2D eigenvalue weighted by molar-refractivity contribution is 0.110. The molecule has 1 rings (SSSR count). The molecule has 1 aromatic heterocycles. The molecule has 1 aromatic rings. The molecular weight excluding hydrogens is 162 g/mol. The molecule has 1 heterocycles. The largest absolute Gasteiger partial charge is 0.395 e. The Hall–Kier alpha value is -0.420. The van der Waals surface area contributed by atoms with Crippen molar-refractivity contribution in [3.05, 3.63) is 22.4 Å². The van der Waals surface area contributed by atoms with Crippen molar-refractivity contribution in [1.82, 2.24) is 0 Å². The highest BCUT2D eigenvalue weighted by Crippen LogP contribution is 2.17. The van der Waals surface area contributed by atoms with E-state index in [0.717, 1.165) is 5.56 Å². The van der Waals surface area contributed by atoms with Gasteiger partial charge < -0.3 is 15.9 Å². The predicted molar refractivity (Wildman–Crippen MR) is 44.3 cm³/mol. The molecule has 0 saturated carbocycles. The second-order valence-electron chi connectivity index (χ2n) is 2.35. The Balaban J connectivity index is 2.62. The van der Waals surface area contributed by atoms with Crippen molar-refractivity contribution in [1.29, 1.82) is 0 Å². The van der Waals surface area contributed by atoms with Gasteiger partial charge in [0.15, 0.2) is 0 Å². The highest BCUT2D eigenvalue weighted by Gasteiger charge is 2.15. The molecule has 62 valence electrons. The van der Waals surface area contributed by atoms with Crippen LogP contribution < -0.4 is 5.73 Å². The van der Waals surface area contributed by atoms with E-state index in [0.29, 0.717) is 0 Å². The van der Waals surface area contributed by atoms with E-state index in [1.54, 1.807) is 6.07 Å². The molecule has 0 aliphatic heterocycles. The van der Waals surface area contributed by atoms with Crippen LogP contribution in [0, 0.1) is 0 Å². The molecule has 4 heteroatoms. The van der Waals surface area contributed by atoms with Crippen LogP contribution in [0.5, 0.6) is 0 Å². The summed E-state index contributed by atoms with van der Waals surface area (Å²) in [4.78, 5) is 0. The summed E-state index contributed by atoms with van der Waals surface area (Å²) in [5.74, 6) is 0. The van der Waals surface area contributed by atoms with Gasteiger partial charge in [0.1, 0.15) is 0 Å². The van der Waals surface area contributed by atoms with Crippen molar-refractivity contribution in [3.63, 3.8) is 0 Å². The van der Waals surface area contributed by atoms with Gasteiger partial charge in [-0.05, 0) is 22.4 Å². The van der Waals surface area contributed by atoms with Gasteiger partial charge in [-0.25, -0.2) is 0 Å². The molecule has 2 unspecified atom stereocenters. The Morgan fingerprint density at radius 2 is 2.36 bits per heavy atom. The minimum atomic E-state index is -0.744. The summed E-state index contributed by atoms with van der Waals surface area (Å²) in [7, 11) is 0. The Morgan fingerprint density at radius 3 is 2.82 bits per heavy atom. The van der Waals surface area contributed by atoms with Crippen molar-refractivity contribution < 1.29 is 10.2 Å². The third-order valence-electron chi connectivity index (χ3n) is 1.50. The number of rotatable bonds is 3. The molecule has 0 bridgehead atoms. The maximum atomic E-state index is 9.40. The van der Waals surface area contributed by atoms with Crippen LogP contribution in [-0.2, 0) is 0 Å². The maximum Gasteiger partial charge on any atom is 0.0971 e. The van der Waals surface area contributed by atoms with Crippen molar-refractivity contribution >= 4 is 11.3 Å². The van der Waals surface area contributed by atoms with Gasteiger partial charge in [-0.2, -0.15) is 11.3 Å². The average molecular weight is 173 g/mol. The van der Waals surface area contributed by atoms with Crippen LogP contribution in [0.2, 0.25) is 0 Å². The average Bonchev–Trinajstić information content (AvgIpc) is 2.53. The van der Waals surface area contributed by atoms with Gasteiger partial charge in [0.2, 0.25) is 0 Å². The third kappa shape index (κ3) is 2.00. The lowest BCUT2D eigenvalue weighted by atomic mass is 10.1. The van der Waals surface area contributed by atoms with E-state index in [2.05, 4.69) is 0 Å². The predicted octanol–water partition coefficient (Wildman–Crippen LogP) is 0.101. The Morgan fingerprint density at radius 1 is 1.64 bits per heavy atom. The maximum absolute atomic E-state index is 9.40. The molecule has 11 heavy (non-hydrogen) atoms. The van der Waals surface area contributed by atoms with E-state index in [-0.39, 0.29) is 6.61 Å². The lowest BCUT2D eigenvalue weighted by Crippen LogP contribution is -2.31. The molecule has 0 saturated heterocycles. The first-order chi connectivity index (χ1) is 5.25. The summed E-state index contributed by atoms with van der Waals surface area (Å²) in [5.41, 5.74) is 6.19. The van der Waals surface area contributed by atoms with Crippen molar-refractivity contribution in [2.45, 2.75) is 12.1 Å². The molecule has 0 spiro atoms. The van der Waals surface area contributed by atoms with Crippen LogP contribution in [0.15, 0.2) is 16.8 Å². The summed E-state index contributed by atoms with van der Waals surface area (Å²) >= 11 is 1.50. The number of hydrogen-bond acceptors (Lipinski definition) is 4. The van der Waals surface area contributed by atoms with E-state index >= 15 is 0 Å². The molecule has 4 N–H and O–H groups in total. The first-order valence-electron chi connectivity index (χ1n) is 3.32. The number of nitrogens with two attached hydrogens (primary N) is 1. The molecule has 0 aromatic carbocycles. The van der Waals surface area contributed by atoms with Crippen LogP contribution in [0.4, 0.5) is 0 Å². The van der Waals surface area contributed by atoms with Crippen molar-refractivity contribution in [3.8, 4) is 0 Å². The fourth-order valence-electron chi connectivity index (χ4n) is 0.790. The topological polar surface area (TPSA) is 66.5 Å². The second-order valence-corrected chi connectivity index (χ2v) is 3.13. The minimum Gasteiger partial charge on any atom is -0.395 e. The normalized spacial score (nSPS) is 16.3. The quantitative estimate of drug-likeness (QED) is 0.607. The number of thiophene rings is 1. The fourth-order valence-corrected chi connectivity index (χ4v) is 1.48. The zero-order chi connectivity index (χ0) is 8.27. The number of hydrogen-bond donors (Lipinski definition) is 3. The van der Waals surface area contributed by atoms with Gasteiger partial charge in [-0.1, -0.05) is 0 Å². The first kappa shape index (κ1) is 8.67. The number of aliphatic hydroxyl groups is 2. The molecule has 0 aliphatic rings. The van der Waals surface area contributed by atoms with Gasteiger partial charge in [-0.15, -0.1) is 0 Å². The van der Waals surface area contributed by atoms with E-state index in [1.165, 1.54) is 11.3 Å². The van der Waals surface area contributed by atoms with Gasteiger partial charge in [0.25, 0.3) is 0 Å². The van der Waals surface area contributed by atoms with E-state index in [4.69, 9.17) is 10.8 Å². The third-order valence-corrected chi connectivity index (χ3v) is 2.20. The first-order valence-corrected chi connectivity index (χ1v) is 4.26. The summed E-state index contributed by atoms with van der Waals surface area (Å²) < 4.78 is 0. The Kier molecular flexibility index (Phi) is 3.02. The van der Waals surface area contributed by atoms with Crippen LogP contribution >= 0.6 is 11.3 Å². The van der Waals surface area contributed by atoms with Gasteiger partial charge in [-0.3, -0.25) is 0 Å². The van der Waals surface area contributed by atoms with Crippen molar-refractivity contribution in [2.75, 3.05) is 6.61 Å². The standard InChI is InChI=1S/C7H11NO2S/c8-6(3-9)7(10)5-1-2-11-4-5/h1-2,4,6-7,9-10H,3,8H2. The summed E-state index contributed by atoms with van der Waals surface area (Å²) in [6.07, 6.45) is -0.744. The second kappa shape index (κ2) is 3.82. The van der Waals surface area contributed by atoms with Crippen LogP contribution in [0.1, 0.15) is 11.7 Å². The molecule has 0 radical (unpaired) electrons. The minimum absolute atomic E-state index is 0.197. The summed E-state index contributed by atoms with van der Waals surface area (Å²) in [6, 6.07) is 1.22.